The molecule has 2 rings (SSSR count). The van der Waals surface area contributed by atoms with Gasteiger partial charge in [0.05, 0.1) is 0 Å². The quantitative estimate of drug-likeness (QED) is 0.468. The van der Waals surface area contributed by atoms with E-state index in [2.05, 4.69) is 69.3 Å². The molecule has 0 aliphatic heterocycles. The molecule has 0 saturated heterocycles. The molecule has 0 bridgehead atoms. The number of benzene rings is 2. The molecule has 134 valence electrons. The number of nitrogens with zero attached hydrogens (tertiary/aromatic N) is 2. The fourth-order valence-corrected chi connectivity index (χ4v) is 2.32. The Morgan fingerprint density at radius 2 is 0.875 bits per heavy atom. The van der Waals surface area contributed by atoms with Crippen LogP contribution in [0.5, 0.6) is 0 Å². The minimum atomic E-state index is 0. The molecule has 3 heteroatoms. The van der Waals surface area contributed by atoms with E-state index in [1.807, 2.05) is 12.1 Å². The second-order valence-electron chi connectivity index (χ2n) is 5.10. The van der Waals surface area contributed by atoms with E-state index < -0.39 is 0 Å². The molecule has 0 radical (unpaired) electrons. The first kappa shape index (κ1) is 28.1. The third kappa shape index (κ3) is 8.92. The summed E-state index contributed by atoms with van der Waals surface area (Å²) in [4.78, 5) is 0. The standard InChI is InChI=1S/C18H22N2.3CH3.Zr/c1-14(17-10-6-4-7-11-17)19-16(3)20-15(2)18-12-8-5-9-13-18;;;;/h4-16H,1-3H3;3*1H3;/q-2;3*-1;/t14-,15-;;;;/m1..../s1. The van der Waals surface area contributed by atoms with Gasteiger partial charge in [-0.15, -0.1) is 19.0 Å². The predicted octanol–water partition coefficient (Wildman–Crippen LogP) is 6.95. The van der Waals surface area contributed by atoms with Gasteiger partial charge in [-0.05, 0) is 0 Å². The smallest absolute Gasteiger partial charge is 0 e. The van der Waals surface area contributed by atoms with Crippen LogP contribution in [0.15, 0.2) is 60.7 Å². The van der Waals surface area contributed by atoms with Crippen molar-refractivity contribution in [3.05, 3.63) is 105 Å². The fraction of sp³-hybridized carbons (Fsp3) is 0.286. The zero-order valence-corrected chi connectivity index (χ0v) is 18.4. The zero-order chi connectivity index (χ0) is 14.4. The molecule has 0 unspecified atom stereocenters. The maximum atomic E-state index is 4.75. The summed E-state index contributed by atoms with van der Waals surface area (Å²) in [5.74, 6) is 0. The van der Waals surface area contributed by atoms with E-state index in [1.54, 1.807) is 0 Å². The molecule has 2 aromatic rings. The molecule has 0 heterocycles. The number of rotatable bonds is 6. The van der Waals surface area contributed by atoms with Crippen LogP contribution in [-0.4, -0.2) is 6.17 Å². The predicted molar refractivity (Wildman–Crippen MR) is 105 cm³/mol. The van der Waals surface area contributed by atoms with Crippen molar-refractivity contribution in [1.29, 1.82) is 0 Å². The molecule has 0 spiro atoms. The number of hydrogen-bond donors (Lipinski definition) is 0. The summed E-state index contributed by atoms with van der Waals surface area (Å²) in [5.41, 5.74) is 2.48. The molecule has 0 amide bonds. The van der Waals surface area contributed by atoms with Crippen molar-refractivity contribution < 1.29 is 26.2 Å². The Hall–Kier alpha value is -0.757. The van der Waals surface area contributed by atoms with Gasteiger partial charge in [-0.2, -0.15) is 0 Å². The summed E-state index contributed by atoms with van der Waals surface area (Å²) in [6.07, 6.45) is 0.000382. The monoisotopic (exact) mass is 401 g/mol. The summed E-state index contributed by atoms with van der Waals surface area (Å²) < 4.78 is 0. The van der Waals surface area contributed by atoms with E-state index in [0.717, 1.165) is 0 Å². The third-order valence-electron chi connectivity index (χ3n) is 3.44. The van der Waals surface area contributed by atoms with Gasteiger partial charge in [0.2, 0.25) is 0 Å². The van der Waals surface area contributed by atoms with Crippen LogP contribution in [-0.2, 0) is 26.2 Å². The van der Waals surface area contributed by atoms with Gasteiger partial charge in [-0.3, -0.25) is 0 Å². The van der Waals surface area contributed by atoms with Crippen molar-refractivity contribution >= 4 is 0 Å². The van der Waals surface area contributed by atoms with E-state index in [-0.39, 0.29) is 66.7 Å². The minimum Gasteiger partial charge on any atom is -0.672 e. The molecular weight excluding hydrogens is 371 g/mol. The Morgan fingerprint density at radius 1 is 0.583 bits per heavy atom. The molecule has 0 aromatic heterocycles. The Balaban J connectivity index is -0.00000110. The van der Waals surface area contributed by atoms with Crippen molar-refractivity contribution in [2.75, 3.05) is 0 Å². The Bertz CT molecular complexity index is 454. The Labute approximate surface area is 169 Å². The zero-order valence-electron chi connectivity index (χ0n) is 15.9. The van der Waals surface area contributed by atoms with Gasteiger partial charge in [0.15, 0.2) is 0 Å². The molecule has 0 saturated carbocycles. The van der Waals surface area contributed by atoms with Crippen LogP contribution in [0.25, 0.3) is 10.6 Å². The molecule has 2 aromatic carbocycles. The molecular formula is C21H31N2Zr-5. The third-order valence-corrected chi connectivity index (χ3v) is 3.44. The Kier molecular flexibility index (Phi) is 17.0. The summed E-state index contributed by atoms with van der Waals surface area (Å²) in [5, 5.41) is 9.49. The van der Waals surface area contributed by atoms with E-state index in [4.69, 9.17) is 10.6 Å². The maximum absolute atomic E-state index is 4.75. The summed E-state index contributed by atoms with van der Waals surface area (Å²) in [6.45, 7) is 6.29. The van der Waals surface area contributed by atoms with Gasteiger partial charge in [0, 0.05) is 26.2 Å². The molecule has 0 aliphatic rings. The topological polar surface area (TPSA) is 28.2 Å². The van der Waals surface area contributed by atoms with E-state index in [0.29, 0.717) is 0 Å². The Morgan fingerprint density at radius 3 is 1.17 bits per heavy atom. The van der Waals surface area contributed by atoms with Gasteiger partial charge in [-0.1, -0.05) is 85.6 Å². The van der Waals surface area contributed by atoms with Gasteiger partial charge in [0.1, 0.15) is 0 Å². The SMILES string of the molecule is CC([N-][C@H](C)c1ccccc1)[N-][C@H](C)c1ccccc1.[CH3-].[CH3-].[CH3-].[Zr]. The molecule has 0 fully saturated rings. The van der Waals surface area contributed by atoms with Gasteiger partial charge in [0.25, 0.3) is 0 Å². The average molecular weight is 403 g/mol. The minimum absolute atomic E-state index is 0. The molecule has 24 heavy (non-hydrogen) atoms. The van der Waals surface area contributed by atoms with E-state index in [9.17, 15) is 0 Å². The largest absolute Gasteiger partial charge is 0.672 e. The van der Waals surface area contributed by atoms with Crippen LogP contribution >= 0.6 is 0 Å². The summed E-state index contributed by atoms with van der Waals surface area (Å²) >= 11 is 0. The first-order chi connectivity index (χ1) is 9.66. The maximum Gasteiger partial charge on any atom is 0 e. The molecule has 2 atom stereocenters. The molecule has 2 nitrogen and oxygen atoms in total. The van der Waals surface area contributed by atoms with Crippen LogP contribution in [0.2, 0.25) is 0 Å². The summed E-state index contributed by atoms with van der Waals surface area (Å²) in [6, 6.07) is 21.1. The second kappa shape index (κ2) is 14.6. The molecule has 0 aliphatic carbocycles. The van der Waals surface area contributed by atoms with Crippen molar-refractivity contribution in [1.82, 2.24) is 0 Å². The van der Waals surface area contributed by atoms with Crippen LogP contribution in [0, 0.1) is 22.3 Å². The van der Waals surface area contributed by atoms with Crippen LogP contribution < -0.4 is 0 Å². The second-order valence-corrected chi connectivity index (χ2v) is 5.10. The summed E-state index contributed by atoms with van der Waals surface area (Å²) in [7, 11) is 0. The van der Waals surface area contributed by atoms with Crippen molar-refractivity contribution in [3.8, 4) is 0 Å². The van der Waals surface area contributed by atoms with E-state index >= 15 is 0 Å². The van der Waals surface area contributed by atoms with Crippen LogP contribution in [0.3, 0.4) is 0 Å². The fourth-order valence-electron chi connectivity index (χ4n) is 2.32. The van der Waals surface area contributed by atoms with Crippen LogP contribution in [0.4, 0.5) is 0 Å². The average Bonchev–Trinajstić information content (AvgIpc) is 2.49. The van der Waals surface area contributed by atoms with Crippen LogP contribution in [0.1, 0.15) is 44.0 Å². The first-order valence-electron chi connectivity index (χ1n) is 7.16. The van der Waals surface area contributed by atoms with Crippen molar-refractivity contribution in [2.45, 2.75) is 39.0 Å². The van der Waals surface area contributed by atoms with E-state index in [1.165, 1.54) is 11.1 Å². The van der Waals surface area contributed by atoms with Gasteiger partial charge < -0.3 is 32.9 Å². The van der Waals surface area contributed by atoms with Crippen molar-refractivity contribution in [2.24, 2.45) is 0 Å². The first-order valence-corrected chi connectivity index (χ1v) is 7.16. The molecule has 0 N–H and O–H groups in total. The van der Waals surface area contributed by atoms with Gasteiger partial charge in [-0.25, -0.2) is 6.17 Å². The normalized spacial score (nSPS) is 11.8. The number of hydrogen-bond acceptors (Lipinski definition) is 0. The van der Waals surface area contributed by atoms with Crippen molar-refractivity contribution in [3.63, 3.8) is 0 Å². The van der Waals surface area contributed by atoms with Gasteiger partial charge >= 0.3 is 0 Å².